The molecule has 0 unspecified atom stereocenters. The van der Waals surface area contributed by atoms with Crippen molar-refractivity contribution in [3.63, 3.8) is 0 Å². The van der Waals surface area contributed by atoms with Crippen LogP contribution >= 0.6 is 11.6 Å². The highest BCUT2D eigenvalue weighted by Crippen LogP contribution is 2.36. The fraction of sp³-hybridized carbons (Fsp3) is 0.158. The van der Waals surface area contributed by atoms with Crippen molar-refractivity contribution in [1.82, 2.24) is 25.1 Å². The molecule has 26 heavy (non-hydrogen) atoms. The van der Waals surface area contributed by atoms with Crippen LogP contribution < -0.4 is 5.32 Å². The number of aryl methyl sites for hydroxylation is 2. The molecule has 2 N–H and O–H groups in total. The lowest BCUT2D eigenvalue weighted by Crippen LogP contribution is -2.11. The molecule has 1 aliphatic rings. The molecule has 0 atom stereocenters. The van der Waals surface area contributed by atoms with Crippen molar-refractivity contribution in [3.05, 3.63) is 64.7 Å². The number of rotatable bonds is 3. The molecule has 7 heteroatoms. The number of fused-ring (bicyclic) bond motifs is 5. The van der Waals surface area contributed by atoms with Gasteiger partial charge in [0.2, 0.25) is 5.95 Å². The van der Waals surface area contributed by atoms with Gasteiger partial charge in [-0.3, -0.25) is 5.10 Å². The van der Waals surface area contributed by atoms with Gasteiger partial charge in [-0.2, -0.15) is 5.10 Å². The van der Waals surface area contributed by atoms with Gasteiger partial charge in [0, 0.05) is 40.5 Å². The van der Waals surface area contributed by atoms with Gasteiger partial charge in [-0.05, 0) is 30.0 Å². The van der Waals surface area contributed by atoms with Gasteiger partial charge in [0.15, 0.2) is 5.65 Å². The zero-order valence-electron chi connectivity index (χ0n) is 13.8. The average Bonchev–Trinajstić information content (AvgIpc) is 3.15. The Morgan fingerprint density at radius 3 is 2.92 bits per heavy atom. The molecule has 6 nitrogen and oxygen atoms in total. The second-order valence-electron chi connectivity index (χ2n) is 6.29. The monoisotopic (exact) mass is 362 g/mol. The van der Waals surface area contributed by atoms with Crippen LogP contribution in [-0.4, -0.2) is 25.1 Å². The zero-order valence-corrected chi connectivity index (χ0v) is 14.6. The van der Waals surface area contributed by atoms with E-state index in [1.54, 1.807) is 0 Å². The summed E-state index contributed by atoms with van der Waals surface area (Å²) in [6.45, 7) is 0.588. The number of pyridine rings is 1. The third kappa shape index (κ3) is 2.50. The van der Waals surface area contributed by atoms with Crippen LogP contribution in [0.25, 0.3) is 22.2 Å². The first-order chi connectivity index (χ1) is 12.8. The summed E-state index contributed by atoms with van der Waals surface area (Å²) < 4.78 is 0. The van der Waals surface area contributed by atoms with E-state index in [-0.39, 0.29) is 0 Å². The molecule has 128 valence electrons. The highest BCUT2D eigenvalue weighted by Gasteiger charge is 2.22. The van der Waals surface area contributed by atoms with Gasteiger partial charge in [0.05, 0.1) is 11.9 Å². The molecule has 0 saturated carbocycles. The average molecular weight is 363 g/mol. The Hall–Kier alpha value is -2.99. The number of hydrogen-bond donors (Lipinski definition) is 2. The summed E-state index contributed by atoms with van der Waals surface area (Å²) in [5.41, 5.74) is 6.27. The molecular formula is C19H15ClN6. The summed E-state index contributed by atoms with van der Waals surface area (Å²) in [7, 11) is 0. The van der Waals surface area contributed by atoms with Crippen molar-refractivity contribution >= 4 is 28.6 Å². The van der Waals surface area contributed by atoms with Crippen molar-refractivity contribution < 1.29 is 0 Å². The molecule has 1 aromatic carbocycles. The van der Waals surface area contributed by atoms with Gasteiger partial charge in [-0.1, -0.05) is 29.8 Å². The van der Waals surface area contributed by atoms with E-state index in [4.69, 9.17) is 16.6 Å². The van der Waals surface area contributed by atoms with E-state index in [2.05, 4.69) is 25.5 Å². The largest absolute Gasteiger partial charge is 0.350 e. The number of anilines is 1. The fourth-order valence-electron chi connectivity index (χ4n) is 3.42. The van der Waals surface area contributed by atoms with Gasteiger partial charge in [0.25, 0.3) is 0 Å². The Morgan fingerprint density at radius 2 is 2.00 bits per heavy atom. The van der Waals surface area contributed by atoms with Crippen molar-refractivity contribution in [2.45, 2.75) is 19.4 Å². The summed E-state index contributed by atoms with van der Waals surface area (Å²) in [5, 5.41) is 12.1. The van der Waals surface area contributed by atoms with Gasteiger partial charge < -0.3 is 5.32 Å². The van der Waals surface area contributed by atoms with E-state index in [0.717, 1.165) is 51.3 Å². The lowest BCUT2D eigenvalue weighted by Gasteiger charge is -2.19. The maximum Gasteiger partial charge on any atom is 0.223 e. The Morgan fingerprint density at radius 1 is 1.08 bits per heavy atom. The molecule has 0 aliphatic heterocycles. The van der Waals surface area contributed by atoms with E-state index in [1.165, 1.54) is 5.56 Å². The summed E-state index contributed by atoms with van der Waals surface area (Å²) >= 11 is 6.21. The molecule has 3 aromatic heterocycles. The molecule has 0 spiro atoms. The normalized spacial score (nSPS) is 12.7. The van der Waals surface area contributed by atoms with Gasteiger partial charge in [-0.15, -0.1) is 0 Å². The lowest BCUT2D eigenvalue weighted by atomic mass is 9.89. The zero-order chi connectivity index (χ0) is 17.5. The van der Waals surface area contributed by atoms with Crippen LogP contribution in [-0.2, 0) is 19.4 Å². The molecular weight excluding hydrogens is 348 g/mol. The van der Waals surface area contributed by atoms with Crippen LogP contribution in [0.2, 0.25) is 5.02 Å². The molecule has 0 radical (unpaired) electrons. The van der Waals surface area contributed by atoms with Crippen molar-refractivity contribution in [2.24, 2.45) is 0 Å². The maximum absolute atomic E-state index is 6.21. The summed E-state index contributed by atoms with van der Waals surface area (Å²) in [6, 6.07) is 7.77. The minimum atomic E-state index is 0.588. The molecule has 1 aliphatic carbocycles. The molecule has 0 bridgehead atoms. The van der Waals surface area contributed by atoms with E-state index in [0.29, 0.717) is 12.5 Å². The van der Waals surface area contributed by atoms with Gasteiger partial charge in [-0.25, -0.2) is 15.0 Å². The van der Waals surface area contributed by atoms with Crippen LogP contribution in [0.4, 0.5) is 5.95 Å². The van der Waals surface area contributed by atoms with Crippen LogP contribution in [0.15, 0.2) is 42.9 Å². The first-order valence-electron chi connectivity index (χ1n) is 8.44. The smallest absolute Gasteiger partial charge is 0.223 e. The van der Waals surface area contributed by atoms with Crippen LogP contribution in [0.1, 0.15) is 16.8 Å². The number of aromatic nitrogens is 5. The molecule has 0 amide bonds. The number of hydrogen-bond acceptors (Lipinski definition) is 5. The Bertz CT molecular complexity index is 1120. The van der Waals surface area contributed by atoms with Crippen molar-refractivity contribution in [2.75, 3.05) is 5.32 Å². The SMILES string of the molecule is Clc1ccccc1CNc1ncc2c(n1)CCc1cnc3[nH]ncc3c1-2. The number of aromatic amines is 1. The first-order valence-corrected chi connectivity index (χ1v) is 8.82. The number of benzene rings is 1. The van der Waals surface area contributed by atoms with Crippen LogP contribution in [0, 0.1) is 0 Å². The first kappa shape index (κ1) is 15.3. The molecule has 0 fully saturated rings. The maximum atomic E-state index is 6.21. The summed E-state index contributed by atoms with van der Waals surface area (Å²) in [5.74, 6) is 0.615. The second-order valence-corrected chi connectivity index (χ2v) is 6.70. The lowest BCUT2D eigenvalue weighted by molar-refractivity contribution is 0.877. The van der Waals surface area contributed by atoms with Crippen molar-refractivity contribution in [3.8, 4) is 11.1 Å². The van der Waals surface area contributed by atoms with Crippen molar-refractivity contribution in [1.29, 1.82) is 0 Å². The highest BCUT2D eigenvalue weighted by molar-refractivity contribution is 6.31. The predicted molar refractivity (Wildman–Crippen MR) is 101 cm³/mol. The minimum absolute atomic E-state index is 0.588. The minimum Gasteiger partial charge on any atom is -0.350 e. The molecule has 0 saturated heterocycles. The second kappa shape index (κ2) is 6.07. The Labute approximate surface area is 154 Å². The standard InChI is InChI=1S/C19H15ClN6/c20-15-4-2-1-3-11(15)7-22-19-23-9-13-16(25-19)6-5-12-8-21-18-14(17(12)13)10-24-26-18/h1-4,8-10H,5-7H2,(H,21,24,26)(H,22,23,25). The Balaban J connectivity index is 1.49. The van der Waals surface area contributed by atoms with E-state index in [1.807, 2.05) is 42.9 Å². The van der Waals surface area contributed by atoms with Crippen LogP contribution in [0.3, 0.4) is 0 Å². The summed E-state index contributed by atoms with van der Waals surface area (Å²) in [4.78, 5) is 13.7. The summed E-state index contributed by atoms with van der Waals surface area (Å²) in [6.07, 6.45) is 7.41. The molecule has 3 heterocycles. The van der Waals surface area contributed by atoms with E-state index < -0.39 is 0 Å². The fourth-order valence-corrected chi connectivity index (χ4v) is 3.62. The number of nitrogens with one attached hydrogen (secondary N) is 2. The third-order valence-electron chi connectivity index (χ3n) is 4.72. The highest BCUT2D eigenvalue weighted by atomic mass is 35.5. The van der Waals surface area contributed by atoms with E-state index >= 15 is 0 Å². The van der Waals surface area contributed by atoms with Gasteiger partial charge >= 0.3 is 0 Å². The van der Waals surface area contributed by atoms with Gasteiger partial charge in [0.1, 0.15) is 0 Å². The number of halogens is 1. The molecule has 4 aromatic rings. The Kier molecular flexibility index (Phi) is 3.57. The number of nitrogens with zero attached hydrogens (tertiary/aromatic N) is 4. The number of H-pyrrole nitrogens is 1. The van der Waals surface area contributed by atoms with E-state index in [9.17, 15) is 0 Å². The topological polar surface area (TPSA) is 79.4 Å². The third-order valence-corrected chi connectivity index (χ3v) is 5.09. The molecule has 5 rings (SSSR count). The van der Waals surface area contributed by atoms with Crippen LogP contribution in [0.5, 0.6) is 0 Å². The predicted octanol–water partition coefficient (Wildman–Crippen LogP) is 3.78. The quantitative estimate of drug-likeness (QED) is 0.579.